The standard InChI is InChI=1S/C25H18BrN3O5S2/c26-11-3-1-2-10(8-11)16-17-14-9-15(20(17)35-22-21(16)36-25(32)27-22)19-18(14)23(30)28(24(19)31)12-4-6-13(7-5-12)29(33)34/h1-8,14-20H,9H2,(H,27,32)/t14-,15-,16?,17?,18?,19?,20?/m1/s1. The monoisotopic (exact) mass is 583 g/mol. The van der Waals surface area contributed by atoms with E-state index >= 15 is 0 Å². The summed E-state index contributed by atoms with van der Waals surface area (Å²) in [4.78, 5) is 55.4. The predicted octanol–water partition coefficient (Wildman–Crippen LogP) is 4.79. The number of aromatic amines is 1. The molecule has 36 heavy (non-hydrogen) atoms. The number of carbonyl (C=O) groups excluding carboxylic acids is 2. The van der Waals surface area contributed by atoms with E-state index < -0.39 is 16.8 Å². The summed E-state index contributed by atoms with van der Waals surface area (Å²) in [5.74, 6) is -1.09. The van der Waals surface area contributed by atoms with Crippen molar-refractivity contribution in [1.29, 1.82) is 0 Å². The molecule has 0 radical (unpaired) electrons. The van der Waals surface area contributed by atoms with Gasteiger partial charge in [0.15, 0.2) is 0 Å². The number of hydrogen-bond donors (Lipinski definition) is 1. The minimum atomic E-state index is -0.501. The zero-order valence-electron chi connectivity index (χ0n) is 18.5. The van der Waals surface area contributed by atoms with Crippen LogP contribution in [0.25, 0.3) is 0 Å². The number of thiazole rings is 1. The molecule has 5 unspecified atom stereocenters. The van der Waals surface area contributed by atoms with Crippen LogP contribution >= 0.6 is 39.0 Å². The lowest BCUT2D eigenvalue weighted by Gasteiger charge is -2.43. The first-order valence-corrected chi connectivity index (χ1v) is 14.1. The van der Waals surface area contributed by atoms with Gasteiger partial charge in [0.25, 0.3) is 5.69 Å². The summed E-state index contributed by atoms with van der Waals surface area (Å²) < 4.78 is 0.955. The molecule has 182 valence electrons. The minimum Gasteiger partial charge on any atom is -0.307 e. The molecule has 2 saturated carbocycles. The van der Waals surface area contributed by atoms with Gasteiger partial charge in [0.2, 0.25) is 11.8 Å². The number of H-pyrrole nitrogens is 1. The topological polar surface area (TPSA) is 113 Å². The summed E-state index contributed by atoms with van der Waals surface area (Å²) in [6.07, 6.45) is 0.812. The molecule has 3 fully saturated rings. The van der Waals surface area contributed by atoms with Crippen LogP contribution in [0.5, 0.6) is 0 Å². The molecule has 4 aliphatic rings. The minimum absolute atomic E-state index is 0.0198. The predicted molar refractivity (Wildman–Crippen MR) is 138 cm³/mol. The third-order valence-electron chi connectivity index (χ3n) is 8.25. The molecule has 1 saturated heterocycles. The van der Waals surface area contributed by atoms with Crippen molar-refractivity contribution in [1.82, 2.24) is 4.98 Å². The highest BCUT2D eigenvalue weighted by Crippen LogP contribution is 2.68. The molecule has 2 amide bonds. The van der Waals surface area contributed by atoms with E-state index in [-0.39, 0.29) is 51.3 Å². The number of carbonyl (C=O) groups is 2. The smallest absolute Gasteiger partial charge is 0.305 e. The number of aromatic nitrogens is 1. The van der Waals surface area contributed by atoms with E-state index in [0.29, 0.717) is 5.69 Å². The van der Waals surface area contributed by atoms with Crippen molar-refractivity contribution in [3.63, 3.8) is 0 Å². The van der Waals surface area contributed by atoms with Crippen LogP contribution in [-0.2, 0) is 9.59 Å². The Morgan fingerprint density at radius 3 is 2.44 bits per heavy atom. The first-order chi connectivity index (χ1) is 17.3. The number of amides is 2. The van der Waals surface area contributed by atoms with Crippen LogP contribution in [0.3, 0.4) is 0 Å². The molecule has 3 heterocycles. The third kappa shape index (κ3) is 3.02. The maximum Gasteiger partial charge on any atom is 0.305 e. The van der Waals surface area contributed by atoms with Gasteiger partial charge >= 0.3 is 4.87 Å². The summed E-state index contributed by atoms with van der Waals surface area (Å²) in [6, 6.07) is 13.7. The van der Waals surface area contributed by atoms with Crippen LogP contribution in [0.2, 0.25) is 0 Å². The normalized spacial score (nSPS) is 31.9. The molecule has 7 atom stereocenters. The van der Waals surface area contributed by atoms with E-state index in [0.717, 1.165) is 26.4 Å². The maximum absolute atomic E-state index is 13.7. The lowest BCUT2D eigenvalue weighted by molar-refractivity contribution is -0.384. The Bertz CT molecular complexity index is 1520. The second-order valence-corrected chi connectivity index (χ2v) is 12.9. The highest BCUT2D eigenvalue weighted by molar-refractivity contribution is 9.10. The summed E-state index contributed by atoms with van der Waals surface area (Å²) in [6.45, 7) is 0. The fourth-order valence-electron chi connectivity index (χ4n) is 7.07. The number of rotatable bonds is 3. The number of fused-ring (bicyclic) bond motifs is 9. The van der Waals surface area contributed by atoms with Crippen LogP contribution in [0.15, 0.2) is 62.8 Å². The zero-order chi connectivity index (χ0) is 24.9. The van der Waals surface area contributed by atoms with Crippen molar-refractivity contribution >= 4 is 62.2 Å². The SMILES string of the molecule is O=C1C2C(C(=O)N1c1ccc([N+](=O)[O-])cc1)[C@@H]1C[C@H]2C2Sc3[nH]c(=O)sc3C(c3cccc(Br)c3)C21. The third-order valence-corrected chi connectivity index (χ3v) is 11.3. The van der Waals surface area contributed by atoms with Crippen LogP contribution in [0.4, 0.5) is 11.4 Å². The Kier molecular flexibility index (Phi) is 4.90. The number of nitro benzene ring substituents is 1. The molecule has 2 aliphatic carbocycles. The van der Waals surface area contributed by atoms with Crippen molar-refractivity contribution in [2.75, 3.05) is 4.90 Å². The molecular weight excluding hydrogens is 566 g/mol. The number of nitrogens with zero attached hydrogens (tertiary/aromatic N) is 2. The number of thioether (sulfide) groups is 1. The van der Waals surface area contributed by atoms with E-state index in [1.54, 1.807) is 11.8 Å². The molecule has 0 spiro atoms. The molecule has 8 nitrogen and oxygen atoms in total. The Balaban J connectivity index is 1.30. The molecule has 2 bridgehead atoms. The average molecular weight is 584 g/mol. The van der Waals surface area contributed by atoms with Gasteiger partial charge in [0.05, 0.1) is 27.5 Å². The van der Waals surface area contributed by atoms with Gasteiger partial charge in [0, 0.05) is 32.7 Å². The van der Waals surface area contributed by atoms with Gasteiger partial charge in [0.1, 0.15) is 0 Å². The lowest BCUT2D eigenvalue weighted by atomic mass is 9.68. The largest absolute Gasteiger partial charge is 0.307 e. The van der Waals surface area contributed by atoms with Crippen molar-refractivity contribution in [2.45, 2.75) is 22.6 Å². The summed E-state index contributed by atoms with van der Waals surface area (Å²) in [5, 5.41) is 12.0. The van der Waals surface area contributed by atoms with Gasteiger partial charge in [-0.05, 0) is 54.0 Å². The molecule has 1 N–H and O–H groups in total. The summed E-state index contributed by atoms with van der Waals surface area (Å²) >= 11 is 6.47. The molecule has 7 rings (SSSR count). The van der Waals surface area contributed by atoms with Crippen LogP contribution in [0, 0.1) is 39.7 Å². The van der Waals surface area contributed by atoms with Gasteiger partial charge < -0.3 is 4.98 Å². The van der Waals surface area contributed by atoms with E-state index in [9.17, 15) is 24.5 Å². The first kappa shape index (κ1) is 22.4. The maximum atomic E-state index is 13.7. The number of anilines is 1. The van der Waals surface area contributed by atoms with Gasteiger partial charge in [-0.1, -0.05) is 39.4 Å². The number of nitrogens with one attached hydrogen (secondary N) is 1. The highest BCUT2D eigenvalue weighted by atomic mass is 79.9. The molecule has 1 aromatic heterocycles. The number of nitro groups is 1. The Hall–Kier alpha value is -2.76. The summed E-state index contributed by atoms with van der Waals surface area (Å²) in [7, 11) is 0. The summed E-state index contributed by atoms with van der Waals surface area (Å²) in [5.41, 5.74) is 1.40. The number of halogens is 1. The molecule has 2 aliphatic heterocycles. The molecule has 11 heteroatoms. The van der Waals surface area contributed by atoms with Crippen LogP contribution in [-0.4, -0.2) is 27.0 Å². The van der Waals surface area contributed by atoms with Crippen LogP contribution in [0.1, 0.15) is 22.8 Å². The van der Waals surface area contributed by atoms with Gasteiger partial charge in [-0.15, -0.1) is 11.8 Å². The molecular formula is C25H18BrN3O5S2. The second-order valence-electron chi connectivity index (χ2n) is 9.80. The number of hydrogen-bond acceptors (Lipinski definition) is 7. The fraction of sp³-hybridized carbons (Fsp3) is 0.320. The van der Waals surface area contributed by atoms with E-state index in [2.05, 4.69) is 33.0 Å². The van der Waals surface area contributed by atoms with E-state index in [1.165, 1.54) is 40.5 Å². The highest BCUT2D eigenvalue weighted by Gasteiger charge is 2.69. The Morgan fingerprint density at radius 1 is 1.03 bits per heavy atom. The zero-order valence-corrected chi connectivity index (χ0v) is 21.7. The second kappa shape index (κ2) is 7.87. The van der Waals surface area contributed by atoms with Gasteiger partial charge in [-0.2, -0.15) is 0 Å². The number of benzene rings is 2. The van der Waals surface area contributed by atoms with Crippen LogP contribution < -0.4 is 9.77 Å². The van der Waals surface area contributed by atoms with E-state index in [1.807, 2.05) is 12.1 Å². The average Bonchev–Trinajstić information content (AvgIpc) is 3.58. The van der Waals surface area contributed by atoms with Crippen molar-refractivity contribution < 1.29 is 14.5 Å². The Morgan fingerprint density at radius 2 is 1.75 bits per heavy atom. The van der Waals surface area contributed by atoms with Gasteiger partial charge in [-0.25, -0.2) is 0 Å². The van der Waals surface area contributed by atoms with Gasteiger partial charge in [-0.3, -0.25) is 29.4 Å². The first-order valence-electron chi connectivity index (χ1n) is 11.6. The van der Waals surface area contributed by atoms with Crippen molar-refractivity contribution in [2.24, 2.45) is 29.6 Å². The molecule has 2 aromatic carbocycles. The quantitative estimate of drug-likeness (QED) is 0.269. The lowest BCUT2D eigenvalue weighted by Crippen LogP contribution is -2.42. The molecule has 3 aromatic rings. The number of non-ortho nitro benzene ring substituents is 1. The fourth-order valence-corrected chi connectivity index (χ4v) is 10.4. The van der Waals surface area contributed by atoms with Crippen molar-refractivity contribution in [3.8, 4) is 0 Å². The Labute approximate surface area is 221 Å². The van der Waals surface area contributed by atoms with Crippen molar-refractivity contribution in [3.05, 3.63) is 83.2 Å². The van der Waals surface area contributed by atoms with E-state index in [4.69, 9.17) is 0 Å². The number of imide groups is 1.